The highest BCUT2D eigenvalue weighted by Gasteiger charge is 2.32. The summed E-state index contributed by atoms with van der Waals surface area (Å²) in [6.45, 7) is 10.3. The molecule has 0 bridgehead atoms. The summed E-state index contributed by atoms with van der Waals surface area (Å²) >= 11 is 0. The van der Waals surface area contributed by atoms with Crippen LogP contribution in [0.5, 0.6) is 0 Å². The van der Waals surface area contributed by atoms with Gasteiger partial charge in [0.25, 0.3) is 0 Å². The van der Waals surface area contributed by atoms with Crippen LogP contribution in [0.1, 0.15) is 40.0 Å². The molecule has 1 atom stereocenters. The second kappa shape index (κ2) is 7.82. The number of carboxylic acids is 1. The average Bonchev–Trinajstić information content (AvgIpc) is 2.56. The Labute approximate surface area is 116 Å². The Bertz CT molecular complexity index is 276. The second-order valence-electron chi connectivity index (χ2n) is 5.85. The van der Waals surface area contributed by atoms with Crippen LogP contribution in [0.4, 0.5) is 0 Å². The van der Waals surface area contributed by atoms with E-state index in [1.807, 2.05) is 13.8 Å². The monoisotopic (exact) mass is 272 g/mol. The number of rotatable bonds is 7. The van der Waals surface area contributed by atoms with Crippen molar-refractivity contribution in [3.63, 3.8) is 0 Å². The number of ether oxygens (including phenoxy) is 1. The molecule has 0 spiro atoms. The van der Waals surface area contributed by atoms with Crippen LogP contribution in [0.2, 0.25) is 0 Å². The molecule has 1 saturated heterocycles. The van der Waals surface area contributed by atoms with Crippen LogP contribution in [0.25, 0.3) is 0 Å². The SMILES string of the molecule is CC(C)NC(C)(CCCN1CCCOCC1)C(=O)O. The summed E-state index contributed by atoms with van der Waals surface area (Å²) in [5.41, 5.74) is -0.823. The largest absolute Gasteiger partial charge is 0.480 e. The minimum Gasteiger partial charge on any atom is -0.480 e. The van der Waals surface area contributed by atoms with Gasteiger partial charge in [-0.05, 0) is 46.6 Å². The summed E-state index contributed by atoms with van der Waals surface area (Å²) in [6.07, 6.45) is 2.61. The predicted octanol–water partition coefficient (Wildman–Crippen LogP) is 1.33. The van der Waals surface area contributed by atoms with Gasteiger partial charge in [0, 0.05) is 25.7 Å². The molecule has 112 valence electrons. The second-order valence-corrected chi connectivity index (χ2v) is 5.85. The molecule has 0 aliphatic carbocycles. The molecule has 0 saturated carbocycles. The van der Waals surface area contributed by atoms with E-state index >= 15 is 0 Å². The van der Waals surface area contributed by atoms with E-state index in [1.54, 1.807) is 6.92 Å². The van der Waals surface area contributed by atoms with Crippen LogP contribution in [0.15, 0.2) is 0 Å². The lowest BCUT2D eigenvalue weighted by Gasteiger charge is -2.29. The first-order valence-corrected chi connectivity index (χ1v) is 7.25. The van der Waals surface area contributed by atoms with Gasteiger partial charge >= 0.3 is 5.97 Å². The number of aliphatic carboxylic acids is 1. The molecular weight excluding hydrogens is 244 g/mol. The van der Waals surface area contributed by atoms with Crippen molar-refractivity contribution >= 4 is 5.97 Å². The Morgan fingerprint density at radius 1 is 1.42 bits per heavy atom. The molecule has 0 radical (unpaired) electrons. The summed E-state index contributed by atoms with van der Waals surface area (Å²) in [6, 6.07) is 0.174. The van der Waals surface area contributed by atoms with Gasteiger partial charge in [-0.2, -0.15) is 0 Å². The summed E-state index contributed by atoms with van der Waals surface area (Å²) in [4.78, 5) is 13.8. The summed E-state index contributed by atoms with van der Waals surface area (Å²) < 4.78 is 5.41. The zero-order valence-corrected chi connectivity index (χ0v) is 12.4. The first-order chi connectivity index (χ1) is 8.94. The van der Waals surface area contributed by atoms with Crippen molar-refractivity contribution in [3.8, 4) is 0 Å². The Morgan fingerprint density at radius 2 is 2.16 bits per heavy atom. The maximum atomic E-state index is 11.4. The van der Waals surface area contributed by atoms with E-state index in [9.17, 15) is 9.90 Å². The molecule has 1 rings (SSSR count). The van der Waals surface area contributed by atoms with Gasteiger partial charge in [-0.25, -0.2) is 0 Å². The highest BCUT2D eigenvalue weighted by Crippen LogP contribution is 2.15. The van der Waals surface area contributed by atoms with Crippen molar-refractivity contribution < 1.29 is 14.6 Å². The van der Waals surface area contributed by atoms with Crippen LogP contribution in [-0.4, -0.2) is 60.4 Å². The molecule has 5 heteroatoms. The van der Waals surface area contributed by atoms with E-state index in [1.165, 1.54) is 0 Å². The average molecular weight is 272 g/mol. The number of nitrogens with one attached hydrogen (secondary N) is 1. The van der Waals surface area contributed by atoms with Crippen molar-refractivity contribution in [2.75, 3.05) is 32.8 Å². The molecule has 1 fully saturated rings. The molecule has 1 heterocycles. The van der Waals surface area contributed by atoms with Crippen LogP contribution in [-0.2, 0) is 9.53 Å². The van der Waals surface area contributed by atoms with Crippen LogP contribution in [0, 0.1) is 0 Å². The van der Waals surface area contributed by atoms with E-state index in [4.69, 9.17) is 4.74 Å². The van der Waals surface area contributed by atoms with Gasteiger partial charge in [0.2, 0.25) is 0 Å². The molecule has 0 amide bonds. The predicted molar refractivity (Wildman–Crippen MR) is 75.4 cm³/mol. The minimum absolute atomic E-state index is 0.174. The molecule has 0 aromatic carbocycles. The lowest BCUT2D eigenvalue weighted by molar-refractivity contribution is -0.144. The summed E-state index contributed by atoms with van der Waals surface area (Å²) in [5, 5.41) is 12.5. The standard InChI is InChI=1S/C14H28N2O3/c1-12(2)15-14(3,13(17)18)6-4-7-16-8-5-10-19-11-9-16/h12,15H,4-11H2,1-3H3,(H,17,18). The van der Waals surface area contributed by atoms with Crippen molar-refractivity contribution in [1.29, 1.82) is 0 Å². The molecule has 0 aromatic heterocycles. The fourth-order valence-electron chi connectivity index (χ4n) is 2.56. The topological polar surface area (TPSA) is 61.8 Å². The fourth-order valence-corrected chi connectivity index (χ4v) is 2.56. The van der Waals surface area contributed by atoms with Gasteiger partial charge in [0.05, 0.1) is 6.61 Å². The Balaban J connectivity index is 2.37. The Morgan fingerprint density at radius 3 is 2.79 bits per heavy atom. The van der Waals surface area contributed by atoms with Gasteiger partial charge in [-0.1, -0.05) is 0 Å². The number of hydrogen-bond acceptors (Lipinski definition) is 4. The first-order valence-electron chi connectivity index (χ1n) is 7.25. The smallest absolute Gasteiger partial charge is 0.323 e. The number of hydrogen-bond donors (Lipinski definition) is 2. The highest BCUT2D eigenvalue weighted by molar-refractivity contribution is 5.78. The number of nitrogens with zero attached hydrogens (tertiary/aromatic N) is 1. The molecule has 19 heavy (non-hydrogen) atoms. The molecule has 2 N–H and O–H groups in total. The van der Waals surface area contributed by atoms with Gasteiger partial charge in [-0.15, -0.1) is 0 Å². The quantitative estimate of drug-likeness (QED) is 0.732. The molecule has 1 aliphatic rings. The third-order valence-electron chi connectivity index (χ3n) is 3.55. The number of carbonyl (C=O) groups is 1. The maximum absolute atomic E-state index is 11.4. The van der Waals surface area contributed by atoms with Gasteiger partial charge in [-0.3, -0.25) is 10.1 Å². The van der Waals surface area contributed by atoms with E-state index in [2.05, 4.69) is 10.2 Å². The third kappa shape index (κ3) is 5.89. The maximum Gasteiger partial charge on any atom is 0.323 e. The van der Waals surface area contributed by atoms with Crippen molar-refractivity contribution in [2.45, 2.75) is 51.6 Å². The fraction of sp³-hybridized carbons (Fsp3) is 0.929. The van der Waals surface area contributed by atoms with E-state index in [-0.39, 0.29) is 6.04 Å². The van der Waals surface area contributed by atoms with Gasteiger partial charge in [0.15, 0.2) is 0 Å². The van der Waals surface area contributed by atoms with Crippen molar-refractivity contribution in [2.24, 2.45) is 0 Å². The summed E-state index contributed by atoms with van der Waals surface area (Å²) in [7, 11) is 0. The molecule has 0 aromatic rings. The van der Waals surface area contributed by atoms with E-state index in [0.717, 1.165) is 45.7 Å². The van der Waals surface area contributed by atoms with Gasteiger partial charge < -0.3 is 14.7 Å². The Hall–Kier alpha value is -0.650. The van der Waals surface area contributed by atoms with E-state index < -0.39 is 11.5 Å². The van der Waals surface area contributed by atoms with Gasteiger partial charge in [0.1, 0.15) is 5.54 Å². The molecule has 5 nitrogen and oxygen atoms in total. The van der Waals surface area contributed by atoms with Crippen molar-refractivity contribution in [1.82, 2.24) is 10.2 Å². The normalized spacial score (nSPS) is 21.1. The lowest BCUT2D eigenvalue weighted by atomic mass is 9.94. The molecule has 1 unspecified atom stereocenters. The van der Waals surface area contributed by atoms with Crippen LogP contribution in [0.3, 0.4) is 0 Å². The minimum atomic E-state index is -0.823. The number of carboxylic acid groups (broad SMARTS) is 1. The third-order valence-corrected chi connectivity index (χ3v) is 3.55. The zero-order valence-electron chi connectivity index (χ0n) is 12.4. The first kappa shape index (κ1) is 16.4. The van der Waals surface area contributed by atoms with Crippen molar-refractivity contribution in [3.05, 3.63) is 0 Å². The lowest BCUT2D eigenvalue weighted by Crippen LogP contribution is -2.52. The summed E-state index contributed by atoms with van der Waals surface area (Å²) in [5.74, 6) is -0.764. The van der Waals surface area contributed by atoms with E-state index in [0.29, 0.717) is 6.42 Å². The molecular formula is C14H28N2O3. The zero-order chi connectivity index (χ0) is 14.3. The van der Waals surface area contributed by atoms with Crippen LogP contribution < -0.4 is 5.32 Å². The highest BCUT2D eigenvalue weighted by atomic mass is 16.5. The Kier molecular flexibility index (Phi) is 6.75. The van der Waals surface area contributed by atoms with Crippen LogP contribution >= 0.6 is 0 Å². The molecule has 1 aliphatic heterocycles.